The lowest BCUT2D eigenvalue weighted by Gasteiger charge is -2.31. The van der Waals surface area contributed by atoms with Crippen molar-refractivity contribution in [3.05, 3.63) is 29.8 Å². The van der Waals surface area contributed by atoms with Gasteiger partial charge in [-0.05, 0) is 35.6 Å². The van der Waals surface area contributed by atoms with E-state index in [1.54, 1.807) is 4.90 Å². The molecule has 1 aliphatic heterocycles. The van der Waals surface area contributed by atoms with Gasteiger partial charge in [-0.1, -0.05) is 25.1 Å². The molecule has 0 aromatic heterocycles. The molecule has 0 saturated heterocycles. The summed E-state index contributed by atoms with van der Waals surface area (Å²) in [6, 6.07) is 7.94. The second-order valence-electron chi connectivity index (χ2n) is 3.65. The summed E-state index contributed by atoms with van der Waals surface area (Å²) in [7, 11) is 0. The third-order valence-corrected chi connectivity index (χ3v) is 2.96. The van der Waals surface area contributed by atoms with Crippen LogP contribution in [0.1, 0.15) is 24.8 Å². The predicted octanol–water partition coefficient (Wildman–Crippen LogP) is 3.36. The summed E-state index contributed by atoms with van der Waals surface area (Å²) in [4.78, 5) is 12.8. The maximum Gasteiger partial charge on any atom is 0.320 e. The van der Waals surface area contributed by atoms with E-state index in [-0.39, 0.29) is 5.37 Å². The lowest BCUT2D eigenvalue weighted by molar-refractivity contribution is 0.263. The molecule has 1 amide bonds. The number of halogens is 1. The van der Waals surface area contributed by atoms with E-state index in [9.17, 15) is 4.79 Å². The highest BCUT2D eigenvalue weighted by Crippen LogP contribution is 2.35. The lowest BCUT2D eigenvalue weighted by atomic mass is 9.92. The number of fused-ring (bicyclic) bond motifs is 1. The van der Waals surface area contributed by atoms with Crippen molar-refractivity contribution < 1.29 is 4.79 Å². The molecule has 1 aromatic carbocycles. The Morgan fingerprint density at radius 1 is 1.50 bits per heavy atom. The number of benzene rings is 1. The molecule has 3 heteroatoms. The molecule has 0 saturated carbocycles. The topological polar surface area (TPSA) is 20.3 Å². The van der Waals surface area contributed by atoms with Gasteiger partial charge in [-0.3, -0.25) is 9.69 Å². The van der Waals surface area contributed by atoms with Crippen molar-refractivity contribution in [2.24, 2.45) is 0 Å². The SMILES string of the molecule is CC1CCN(C(=O)Cl)c2ccccc21. The number of anilines is 1. The largest absolute Gasteiger partial charge is 0.320 e. The van der Waals surface area contributed by atoms with Crippen molar-refractivity contribution in [3.8, 4) is 0 Å². The third-order valence-electron chi connectivity index (χ3n) is 2.76. The van der Waals surface area contributed by atoms with Gasteiger partial charge in [-0.25, -0.2) is 0 Å². The highest BCUT2D eigenvalue weighted by molar-refractivity contribution is 6.66. The number of hydrogen-bond acceptors (Lipinski definition) is 1. The number of rotatable bonds is 0. The smallest absolute Gasteiger partial charge is 0.299 e. The second-order valence-corrected chi connectivity index (χ2v) is 3.98. The molecule has 0 spiro atoms. The van der Waals surface area contributed by atoms with Gasteiger partial charge in [0.05, 0.1) is 0 Å². The first-order valence-corrected chi connectivity index (χ1v) is 5.14. The second kappa shape index (κ2) is 3.62. The maximum atomic E-state index is 11.2. The first-order valence-electron chi connectivity index (χ1n) is 4.76. The minimum absolute atomic E-state index is 0.385. The third kappa shape index (κ3) is 1.50. The minimum Gasteiger partial charge on any atom is -0.299 e. The van der Waals surface area contributed by atoms with Gasteiger partial charge in [0.25, 0.3) is 0 Å². The predicted molar refractivity (Wildman–Crippen MR) is 58.1 cm³/mol. The quantitative estimate of drug-likeness (QED) is 0.474. The molecule has 74 valence electrons. The zero-order valence-corrected chi connectivity index (χ0v) is 8.79. The summed E-state index contributed by atoms with van der Waals surface area (Å²) in [6.45, 7) is 2.90. The van der Waals surface area contributed by atoms with Crippen molar-refractivity contribution in [2.75, 3.05) is 11.4 Å². The normalized spacial score (nSPS) is 20.4. The van der Waals surface area contributed by atoms with E-state index < -0.39 is 0 Å². The summed E-state index contributed by atoms with van der Waals surface area (Å²) >= 11 is 5.52. The van der Waals surface area contributed by atoms with Gasteiger partial charge in [0, 0.05) is 12.2 Å². The number of amides is 1. The van der Waals surface area contributed by atoms with Crippen LogP contribution in [0.3, 0.4) is 0 Å². The zero-order chi connectivity index (χ0) is 10.1. The molecule has 1 atom stereocenters. The van der Waals surface area contributed by atoms with Crippen LogP contribution < -0.4 is 4.90 Å². The van der Waals surface area contributed by atoms with Crippen molar-refractivity contribution >= 4 is 22.7 Å². The average Bonchev–Trinajstić information content (AvgIpc) is 2.18. The van der Waals surface area contributed by atoms with Crippen LogP contribution in [0.15, 0.2) is 24.3 Å². The summed E-state index contributed by atoms with van der Waals surface area (Å²) in [5, 5.41) is -0.385. The Balaban J connectivity index is 2.46. The van der Waals surface area contributed by atoms with Crippen molar-refractivity contribution in [1.82, 2.24) is 0 Å². The number of carbonyl (C=O) groups is 1. The summed E-state index contributed by atoms with van der Waals surface area (Å²) < 4.78 is 0. The van der Waals surface area contributed by atoms with E-state index >= 15 is 0 Å². The Labute approximate surface area is 88.5 Å². The van der Waals surface area contributed by atoms with Crippen LogP contribution in [0.2, 0.25) is 0 Å². The van der Waals surface area contributed by atoms with Crippen LogP contribution in [0.4, 0.5) is 10.5 Å². The van der Waals surface area contributed by atoms with Gasteiger partial charge in [0.2, 0.25) is 0 Å². The van der Waals surface area contributed by atoms with Crippen LogP contribution >= 0.6 is 11.6 Å². The van der Waals surface area contributed by atoms with Crippen LogP contribution in [0.5, 0.6) is 0 Å². The van der Waals surface area contributed by atoms with Crippen LogP contribution in [0.25, 0.3) is 0 Å². The van der Waals surface area contributed by atoms with E-state index in [0.29, 0.717) is 5.92 Å². The van der Waals surface area contributed by atoms with E-state index in [4.69, 9.17) is 11.6 Å². The number of carbonyl (C=O) groups excluding carboxylic acids is 1. The molecule has 0 fully saturated rings. The fraction of sp³-hybridized carbons (Fsp3) is 0.364. The molecule has 0 aliphatic carbocycles. The summed E-state index contributed by atoms with van der Waals surface area (Å²) in [5.41, 5.74) is 2.18. The Kier molecular flexibility index (Phi) is 2.46. The van der Waals surface area contributed by atoms with Crippen molar-refractivity contribution in [2.45, 2.75) is 19.3 Å². The van der Waals surface area contributed by atoms with Crippen molar-refractivity contribution in [3.63, 3.8) is 0 Å². The zero-order valence-electron chi connectivity index (χ0n) is 8.03. The van der Waals surface area contributed by atoms with Crippen LogP contribution in [-0.4, -0.2) is 11.9 Å². The van der Waals surface area contributed by atoms with Gasteiger partial charge in [0.1, 0.15) is 0 Å². The lowest BCUT2D eigenvalue weighted by Crippen LogP contribution is -2.32. The summed E-state index contributed by atoms with van der Waals surface area (Å²) in [6.07, 6.45) is 0.982. The summed E-state index contributed by atoms with van der Waals surface area (Å²) in [5.74, 6) is 0.512. The van der Waals surface area contributed by atoms with E-state index in [1.165, 1.54) is 5.56 Å². The fourth-order valence-corrected chi connectivity index (χ4v) is 2.11. The Hall–Kier alpha value is -1.02. The molecule has 1 aliphatic rings. The Morgan fingerprint density at radius 2 is 2.21 bits per heavy atom. The van der Waals surface area contributed by atoms with Gasteiger partial charge in [-0.15, -0.1) is 0 Å². The van der Waals surface area contributed by atoms with Gasteiger partial charge in [-0.2, -0.15) is 0 Å². The Morgan fingerprint density at radius 3 is 2.93 bits per heavy atom. The molecular weight excluding hydrogens is 198 g/mol. The van der Waals surface area contributed by atoms with Gasteiger partial charge in [0.15, 0.2) is 0 Å². The Bertz CT molecular complexity index is 364. The minimum atomic E-state index is -0.385. The maximum absolute atomic E-state index is 11.2. The highest BCUT2D eigenvalue weighted by atomic mass is 35.5. The molecule has 1 heterocycles. The first kappa shape index (κ1) is 9.53. The fourth-order valence-electron chi connectivity index (χ4n) is 1.93. The molecule has 0 N–H and O–H groups in total. The molecule has 1 unspecified atom stereocenters. The molecule has 2 rings (SSSR count). The number of hydrogen-bond donors (Lipinski definition) is 0. The standard InChI is InChI=1S/C11H12ClNO/c1-8-6-7-13(11(12)14)10-5-3-2-4-9(8)10/h2-5,8H,6-7H2,1H3. The molecule has 14 heavy (non-hydrogen) atoms. The molecule has 2 nitrogen and oxygen atoms in total. The monoisotopic (exact) mass is 209 g/mol. The van der Waals surface area contributed by atoms with Crippen molar-refractivity contribution in [1.29, 1.82) is 0 Å². The molecular formula is C11H12ClNO. The van der Waals surface area contributed by atoms with E-state index in [1.807, 2.05) is 18.2 Å². The number of nitrogens with zero attached hydrogens (tertiary/aromatic N) is 1. The van der Waals surface area contributed by atoms with E-state index in [0.717, 1.165) is 18.7 Å². The average molecular weight is 210 g/mol. The van der Waals surface area contributed by atoms with Crippen LogP contribution in [-0.2, 0) is 0 Å². The van der Waals surface area contributed by atoms with Crippen LogP contribution in [0, 0.1) is 0 Å². The molecule has 0 radical (unpaired) electrons. The first-order chi connectivity index (χ1) is 6.70. The van der Waals surface area contributed by atoms with Gasteiger partial charge < -0.3 is 0 Å². The molecule has 1 aromatic rings. The number of para-hydroxylation sites is 1. The van der Waals surface area contributed by atoms with Gasteiger partial charge >= 0.3 is 5.37 Å². The van der Waals surface area contributed by atoms with E-state index in [2.05, 4.69) is 13.0 Å². The highest BCUT2D eigenvalue weighted by Gasteiger charge is 2.24. The molecule has 0 bridgehead atoms.